The van der Waals surface area contributed by atoms with E-state index in [2.05, 4.69) is 19.9 Å². The number of methoxy groups -OCH3 is 1. The number of rotatable bonds is 6. The Balaban J connectivity index is 1.73. The predicted molar refractivity (Wildman–Crippen MR) is 117 cm³/mol. The van der Waals surface area contributed by atoms with Crippen molar-refractivity contribution in [1.82, 2.24) is 24.5 Å². The van der Waals surface area contributed by atoms with Crippen molar-refractivity contribution in [2.24, 2.45) is 5.73 Å². The van der Waals surface area contributed by atoms with E-state index in [1.165, 1.54) is 19.2 Å². The van der Waals surface area contributed by atoms with Crippen LogP contribution in [0.4, 0.5) is 25.5 Å². The molecule has 1 amide bonds. The van der Waals surface area contributed by atoms with Gasteiger partial charge in [0.15, 0.2) is 5.82 Å². The van der Waals surface area contributed by atoms with E-state index in [-0.39, 0.29) is 41.2 Å². The predicted octanol–water partition coefficient (Wildman–Crippen LogP) is 1.24. The average Bonchev–Trinajstić information content (AvgIpc) is 3.52. The number of fused-ring (bicyclic) bond motifs is 1. The van der Waals surface area contributed by atoms with Crippen LogP contribution >= 0.6 is 0 Å². The lowest BCUT2D eigenvalue weighted by Crippen LogP contribution is -2.38. The summed E-state index contributed by atoms with van der Waals surface area (Å²) in [6, 6.07) is 2.68. The Bertz CT molecular complexity index is 1240. The van der Waals surface area contributed by atoms with Crippen LogP contribution in [0.2, 0.25) is 0 Å². The van der Waals surface area contributed by atoms with Gasteiger partial charge in [-0.15, -0.1) is 0 Å². The Hall–Kier alpha value is -3.85. The van der Waals surface area contributed by atoms with Crippen LogP contribution in [0.25, 0.3) is 17.0 Å². The van der Waals surface area contributed by atoms with Crippen LogP contribution < -0.4 is 25.0 Å². The molecule has 2 aliphatic rings. The van der Waals surface area contributed by atoms with Crippen LogP contribution in [-0.2, 0) is 9.47 Å². The van der Waals surface area contributed by atoms with Crippen molar-refractivity contribution < 1.29 is 32.5 Å². The van der Waals surface area contributed by atoms with Gasteiger partial charge >= 0.3 is 6.09 Å². The van der Waals surface area contributed by atoms with Crippen LogP contribution in [0.5, 0.6) is 11.5 Å². The Kier molecular flexibility index (Phi) is 6.17. The van der Waals surface area contributed by atoms with Crippen molar-refractivity contribution in [1.29, 1.82) is 0 Å². The highest BCUT2D eigenvalue weighted by Crippen LogP contribution is 2.36. The van der Waals surface area contributed by atoms with Gasteiger partial charge in [0.05, 0.1) is 32.4 Å². The van der Waals surface area contributed by atoms with Gasteiger partial charge in [-0.25, -0.2) is 18.6 Å². The van der Waals surface area contributed by atoms with E-state index in [1.54, 1.807) is 4.90 Å². The summed E-state index contributed by atoms with van der Waals surface area (Å²) in [5.74, 6) is -0.0300. The third-order valence-corrected chi connectivity index (χ3v) is 5.49. The number of carbonyl (C=O) groups is 1. The summed E-state index contributed by atoms with van der Waals surface area (Å²) < 4.78 is 50.6. The van der Waals surface area contributed by atoms with Gasteiger partial charge in [0, 0.05) is 31.8 Å². The zero-order chi connectivity index (χ0) is 24.5. The Labute approximate surface area is 197 Å². The molecule has 2 saturated heterocycles. The van der Waals surface area contributed by atoms with E-state index in [0.29, 0.717) is 45.4 Å². The van der Waals surface area contributed by atoms with Crippen LogP contribution in [0.15, 0.2) is 12.1 Å². The smallest absolute Gasteiger partial charge is 0.409 e. The van der Waals surface area contributed by atoms with Crippen molar-refractivity contribution in [3.63, 3.8) is 0 Å². The molecule has 2 N–H and O–H groups in total. The van der Waals surface area contributed by atoms with Gasteiger partial charge in [-0.2, -0.15) is 15.0 Å². The highest BCUT2D eigenvalue weighted by atomic mass is 19.3. The molecule has 0 unspecified atom stereocenters. The van der Waals surface area contributed by atoms with E-state index >= 15 is 0 Å². The molecule has 5 rings (SSSR count). The number of nitrogens with two attached hydrogens (primary N) is 1. The fraction of sp³-hybridized carbons (Fsp3) is 0.450. The number of hydrogen-bond acceptors (Lipinski definition) is 11. The first kappa shape index (κ1) is 22.9. The Morgan fingerprint density at radius 2 is 1.66 bits per heavy atom. The highest BCUT2D eigenvalue weighted by Gasteiger charge is 2.28. The van der Waals surface area contributed by atoms with Gasteiger partial charge in [0.2, 0.25) is 17.8 Å². The maximum Gasteiger partial charge on any atom is 0.409 e. The van der Waals surface area contributed by atoms with Crippen LogP contribution in [0, 0.1) is 0 Å². The van der Waals surface area contributed by atoms with E-state index in [9.17, 15) is 13.6 Å². The number of amides is 1. The first-order chi connectivity index (χ1) is 16.9. The molecule has 1 aromatic carbocycles. The molecule has 15 heteroatoms. The number of alkyl halides is 2. The van der Waals surface area contributed by atoms with Gasteiger partial charge in [0.25, 0.3) is 6.43 Å². The monoisotopic (exact) mass is 492 g/mol. The minimum absolute atomic E-state index is 0.0144. The molecule has 3 aromatic rings. The second-order valence-electron chi connectivity index (χ2n) is 7.66. The molecule has 0 radical (unpaired) electrons. The van der Waals surface area contributed by atoms with Gasteiger partial charge in [-0.05, 0) is 0 Å². The normalized spacial score (nSPS) is 16.3. The van der Waals surface area contributed by atoms with E-state index in [0.717, 1.165) is 4.57 Å². The third kappa shape index (κ3) is 4.46. The number of anilines is 2. The van der Waals surface area contributed by atoms with Gasteiger partial charge in [0.1, 0.15) is 23.7 Å². The number of benzene rings is 1. The lowest BCUT2D eigenvalue weighted by Gasteiger charge is -2.27. The highest BCUT2D eigenvalue weighted by molar-refractivity contribution is 5.86. The number of nitrogens with zero attached hydrogens (tertiary/aromatic N) is 7. The number of ether oxygens (including phenoxy) is 4. The minimum atomic E-state index is -2.98. The largest absolute Gasteiger partial charge is 0.494 e. The molecule has 0 saturated carbocycles. The number of morpholine rings is 1. The third-order valence-electron chi connectivity index (χ3n) is 5.49. The molecule has 4 heterocycles. The van der Waals surface area contributed by atoms with Gasteiger partial charge < -0.3 is 34.5 Å². The van der Waals surface area contributed by atoms with E-state index in [4.69, 9.17) is 24.7 Å². The van der Waals surface area contributed by atoms with Gasteiger partial charge in [-0.1, -0.05) is 0 Å². The number of primary amides is 1. The zero-order valence-corrected chi connectivity index (χ0v) is 18.7. The van der Waals surface area contributed by atoms with E-state index < -0.39 is 18.3 Å². The van der Waals surface area contributed by atoms with Crippen molar-refractivity contribution in [3.05, 3.63) is 18.0 Å². The fourth-order valence-corrected chi connectivity index (χ4v) is 3.89. The summed E-state index contributed by atoms with van der Waals surface area (Å²) in [6.07, 6.45) is -4.05. The molecule has 35 heavy (non-hydrogen) atoms. The maximum absolute atomic E-state index is 14.2. The summed E-state index contributed by atoms with van der Waals surface area (Å²) in [5, 5.41) is 0. The lowest BCUT2D eigenvalue weighted by atomic mass is 10.2. The van der Waals surface area contributed by atoms with Crippen LogP contribution in [-0.4, -0.2) is 83.9 Å². The van der Waals surface area contributed by atoms with Crippen molar-refractivity contribution in [2.45, 2.75) is 6.43 Å². The average molecular weight is 492 g/mol. The summed E-state index contributed by atoms with van der Waals surface area (Å²) in [4.78, 5) is 32.6. The molecular formula is C20H22F2N8O5. The molecule has 186 valence electrons. The molecule has 0 atom stereocenters. The number of aromatic nitrogens is 5. The molecule has 0 bridgehead atoms. The number of hydrogen-bond donors (Lipinski definition) is 1. The number of imidazole rings is 1. The molecular weight excluding hydrogens is 470 g/mol. The quantitative estimate of drug-likeness (QED) is 0.531. The first-order valence-corrected chi connectivity index (χ1v) is 10.7. The number of halogens is 2. The second kappa shape index (κ2) is 9.42. The second-order valence-corrected chi connectivity index (χ2v) is 7.66. The maximum atomic E-state index is 14.2. The molecule has 2 aromatic heterocycles. The molecule has 2 aliphatic heterocycles. The van der Waals surface area contributed by atoms with Crippen LogP contribution in [0.1, 0.15) is 12.2 Å². The Morgan fingerprint density at radius 1 is 1.00 bits per heavy atom. The minimum Gasteiger partial charge on any atom is -0.494 e. The first-order valence-electron chi connectivity index (χ1n) is 10.7. The molecule has 13 nitrogen and oxygen atoms in total. The van der Waals surface area contributed by atoms with Crippen molar-refractivity contribution in [3.8, 4) is 17.4 Å². The zero-order valence-electron chi connectivity index (χ0n) is 18.7. The topological polar surface area (TPSA) is 143 Å². The fourth-order valence-electron chi connectivity index (χ4n) is 3.89. The molecule has 0 aliphatic carbocycles. The summed E-state index contributed by atoms with van der Waals surface area (Å²) in [7, 11) is 1.34. The lowest BCUT2D eigenvalue weighted by molar-refractivity contribution is 0.122. The van der Waals surface area contributed by atoms with E-state index in [1.807, 2.05) is 4.90 Å². The summed E-state index contributed by atoms with van der Waals surface area (Å²) in [6.45, 7) is 3.27. The Morgan fingerprint density at radius 3 is 2.29 bits per heavy atom. The SMILES string of the molecule is COc1cc(OC(N)=O)cc2c1nc(C(F)F)n2-c1nc(N2CCOCC2)nc(N2CCOC2)n1. The van der Waals surface area contributed by atoms with Crippen molar-refractivity contribution >= 4 is 29.0 Å². The number of carbonyl (C=O) groups excluding carboxylic acids is 1. The van der Waals surface area contributed by atoms with Crippen LogP contribution in [0.3, 0.4) is 0 Å². The van der Waals surface area contributed by atoms with Gasteiger partial charge in [-0.3, -0.25) is 4.57 Å². The van der Waals surface area contributed by atoms with Crippen molar-refractivity contribution in [2.75, 3.05) is 63.1 Å². The molecule has 0 spiro atoms. The standard InChI is InChI=1S/C20H22F2N8O5/c1-32-13-9-11(35-17(23)31)8-12-14(13)24-16(15(21)22)30(12)20-26-18(28-2-5-33-6-3-28)25-19(27-20)29-4-7-34-10-29/h8-9,15H,2-7,10H2,1H3,(H2,23,31). The summed E-state index contributed by atoms with van der Waals surface area (Å²) >= 11 is 0. The summed E-state index contributed by atoms with van der Waals surface area (Å²) in [5.41, 5.74) is 5.39. The molecule has 2 fully saturated rings.